The zero-order valence-corrected chi connectivity index (χ0v) is 8.56. The van der Waals surface area contributed by atoms with Gasteiger partial charge in [-0.05, 0) is 18.4 Å². The van der Waals surface area contributed by atoms with Crippen LogP contribution in [0.15, 0.2) is 18.6 Å². The maximum absolute atomic E-state index is 10.8. The molecule has 4 heteroatoms. The molecule has 4 nitrogen and oxygen atoms in total. The molecule has 1 aromatic heterocycles. The summed E-state index contributed by atoms with van der Waals surface area (Å²) in [6, 6.07) is 1.74. The van der Waals surface area contributed by atoms with Gasteiger partial charge in [0.05, 0.1) is 7.11 Å². The van der Waals surface area contributed by atoms with Crippen LogP contribution in [0.2, 0.25) is 0 Å². The fourth-order valence-corrected chi connectivity index (χ4v) is 0.941. The first-order valence-corrected chi connectivity index (χ1v) is 4.64. The van der Waals surface area contributed by atoms with Crippen LogP contribution in [0.5, 0.6) is 0 Å². The highest BCUT2D eigenvalue weighted by atomic mass is 16.5. The molecule has 0 N–H and O–H groups in total. The van der Waals surface area contributed by atoms with Gasteiger partial charge in [-0.3, -0.25) is 4.79 Å². The average Bonchev–Trinajstić information content (AvgIpc) is 2.29. The SMILES string of the molecule is COC(=O)CCCC#Cc1ccncn1. The van der Waals surface area contributed by atoms with Gasteiger partial charge in [-0.15, -0.1) is 0 Å². The molecule has 0 radical (unpaired) electrons. The molecule has 0 aromatic carbocycles. The number of aromatic nitrogens is 2. The molecule has 0 fully saturated rings. The van der Waals surface area contributed by atoms with Crippen molar-refractivity contribution in [1.82, 2.24) is 9.97 Å². The molecule has 1 aromatic rings. The van der Waals surface area contributed by atoms with Gasteiger partial charge in [0.2, 0.25) is 0 Å². The number of nitrogens with zero attached hydrogens (tertiary/aromatic N) is 2. The molecule has 0 saturated carbocycles. The van der Waals surface area contributed by atoms with Crippen LogP contribution in [0, 0.1) is 11.8 Å². The van der Waals surface area contributed by atoms with Gasteiger partial charge < -0.3 is 4.74 Å². The minimum absolute atomic E-state index is 0.196. The zero-order valence-electron chi connectivity index (χ0n) is 8.56. The number of esters is 1. The molecule has 15 heavy (non-hydrogen) atoms. The Morgan fingerprint density at radius 1 is 1.60 bits per heavy atom. The molecule has 0 aliphatic carbocycles. The van der Waals surface area contributed by atoms with Crippen LogP contribution in [0.3, 0.4) is 0 Å². The number of methoxy groups -OCH3 is 1. The van der Waals surface area contributed by atoms with E-state index < -0.39 is 0 Å². The smallest absolute Gasteiger partial charge is 0.305 e. The third-order valence-corrected chi connectivity index (χ3v) is 1.71. The van der Waals surface area contributed by atoms with E-state index in [0.29, 0.717) is 25.0 Å². The van der Waals surface area contributed by atoms with Crippen LogP contribution < -0.4 is 0 Å². The molecule has 78 valence electrons. The third-order valence-electron chi connectivity index (χ3n) is 1.71. The molecule has 0 amide bonds. The molecule has 0 spiro atoms. The second-order valence-corrected chi connectivity index (χ2v) is 2.83. The normalized spacial score (nSPS) is 8.87. The number of rotatable bonds is 3. The first kappa shape index (κ1) is 11.2. The van der Waals surface area contributed by atoms with E-state index in [4.69, 9.17) is 0 Å². The largest absolute Gasteiger partial charge is 0.469 e. The first-order valence-electron chi connectivity index (χ1n) is 4.64. The number of unbranched alkanes of at least 4 members (excludes halogenated alkanes) is 1. The molecule has 0 atom stereocenters. The summed E-state index contributed by atoms with van der Waals surface area (Å²) in [5.41, 5.74) is 0.697. The Balaban J connectivity index is 2.26. The molecular formula is C11H12N2O2. The van der Waals surface area contributed by atoms with Crippen LogP contribution in [-0.2, 0) is 9.53 Å². The minimum Gasteiger partial charge on any atom is -0.469 e. The van der Waals surface area contributed by atoms with E-state index in [1.807, 2.05) is 0 Å². The van der Waals surface area contributed by atoms with Crippen LogP contribution in [0.25, 0.3) is 0 Å². The Bertz CT molecular complexity index is 365. The number of carbonyl (C=O) groups is 1. The lowest BCUT2D eigenvalue weighted by Crippen LogP contribution is -1.98. The third kappa shape index (κ3) is 4.77. The summed E-state index contributed by atoms with van der Waals surface area (Å²) in [6.45, 7) is 0. The van der Waals surface area contributed by atoms with Crippen LogP contribution >= 0.6 is 0 Å². The first-order chi connectivity index (χ1) is 7.33. The maximum Gasteiger partial charge on any atom is 0.305 e. The standard InChI is InChI=1S/C11H12N2O2/c1-15-11(14)6-4-2-3-5-10-7-8-12-9-13-10/h7-9H,2,4,6H2,1H3. The Morgan fingerprint density at radius 3 is 3.13 bits per heavy atom. The van der Waals surface area contributed by atoms with E-state index in [2.05, 4.69) is 26.5 Å². The van der Waals surface area contributed by atoms with Crippen molar-refractivity contribution in [2.75, 3.05) is 7.11 Å². The van der Waals surface area contributed by atoms with Gasteiger partial charge in [-0.2, -0.15) is 0 Å². The van der Waals surface area contributed by atoms with Crippen molar-refractivity contribution in [3.05, 3.63) is 24.3 Å². The number of hydrogen-bond acceptors (Lipinski definition) is 4. The van der Waals surface area contributed by atoms with Gasteiger partial charge in [-0.1, -0.05) is 5.92 Å². The molecule has 0 aliphatic rings. The summed E-state index contributed by atoms with van der Waals surface area (Å²) in [7, 11) is 1.38. The predicted molar refractivity (Wildman–Crippen MR) is 54.8 cm³/mol. The highest BCUT2D eigenvalue weighted by molar-refractivity contribution is 5.69. The van der Waals surface area contributed by atoms with Crippen molar-refractivity contribution < 1.29 is 9.53 Å². The topological polar surface area (TPSA) is 52.1 Å². The molecule has 0 aliphatic heterocycles. The van der Waals surface area contributed by atoms with Crippen molar-refractivity contribution in [2.45, 2.75) is 19.3 Å². The molecule has 0 saturated heterocycles. The van der Waals surface area contributed by atoms with Crippen LogP contribution in [0.1, 0.15) is 25.0 Å². The summed E-state index contributed by atoms with van der Waals surface area (Å²) >= 11 is 0. The highest BCUT2D eigenvalue weighted by Gasteiger charge is 1.96. The van der Waals surface area contributed by atoms with Gasteiger partial charge >= 0.3 is 5.97 Å². The van der Waals surface area contributed by atoms with Gasteiger partial charge in [0, 0.05) is 19.0 Å². The van der Waals surface area contributed by atoms with E-state index in [0.717, 1.165) is 0 Å². The molecular weight excluding hydrogens is 192 g/mol. The van der Waals surface area contributed by atoms with E-state index in [1.54, 1.807) is 12.3 Å². The molecule has 1 rings (SSSR count). The lowest BCUT2D eigenvalue weighted by molar-refractivity contribution is -0.140. The van der Waals surface area contributed by atoms with Crippen LogP contribution in [0.4, 0.5) is 0 Å². The number of carbonyl (C=O) groups excluding carboxylic acids is 1. The maximum atomic E-state index is 10.8. The van der Waals surface area contributed by atoms with Crippen molar-refractivity contribution in [3.8, 4) is 11.8 Å². The Labute approximate surface area is 88.7 Å². The summed E-state index contributed by atoms with van der Waals surface area (Å²) in [5, 5.41) is 0. The van der Waals surface area contributed by atoms with E-state index >= 15 is 0 Å². The van der Waals surface area contributed by atoms with E-state index in [9.17, 15) is 4.79 Å². The van der Waals surface area contributed by atoms with Crippen molar-refractivity contribution in [2.24, 2.45) is 0 Å². The zero-order chi connectivity index (χ0) is 10.9. The monoisotopic (exact) mass is 204 g/mol. The molecule has 0 unspecified atom stereocenters. The lowest BCUT2D eigenvalue weighted by Gasteiger charge is -1.94. The Kier molecular flexibility index (Phi) is 4.88. The predicted octanol–water partition coefficient (Wildman–Crippen LogP) is 1.17. The fourth-order valence-electron chi connectivity index (χ4n) is 0.941. The van der Waals surface area contributed by atoms with Crippen molar-refractivity contribution in [1.29, 1.82) is 0 Å². The molecule has 1 heterocycles. The minimum atomic E-state index is -0.196. The highest BCUT2D eigenvalue weighted by Crippen LogP contribution is 1.96. The Morgan fingerprint density at radius 2 is 2.47 bits per heavy atom. The number of ether oxygens (including phenoxy) is 1. The number of hydrogen-bond donors (Lipinski definition) is 0. The van der Waals surface area contributed by atoms with Crippen molar-refractivity contribution >= 4 is 5.97 Å². The summed E-state index contributed by atoms with van der Waals surface area (Å²) < 4.78 is 4.51. The van der Waals surface area contributed by atoms with Gasteiger partial charge in [0.15, 0.2) is 0 Å². The van der Waals surface area contributed by atoms with Gasteiger partial charge in [0.1, 0.15) is 12.0 Å². The summed E-state index contributed by atoms with van der Waals surface area (Å²) in [6.07, 6.45) is 4.89. The lowest BCUT2D eigenvalue weighted by atomic mass is 10.2. The van der Waals surface area contributed by atoms with Gasteiger partial charge in [0.25, 0.3) is 0 Å². The van der Waals surface area contributed by atoms with Gasteiger partial charge in [-0.25, -0.2) is 9.97 Å². The second kappa shape index (κ2) is 6.55. The van der Waals surface area contributed by atoms with Crippen molar-refractivity contribution in [3.63, 3.8) is 0 Å². The Hall–Kier alpha value is -1.89. The fraction of sp³-hybridized carbons (Fsp3) is 0.364. The second-order valence-electron chi connectivity index (χ2n) is 2.83. The summed E-state index contributed by atoms with van der Waals surface area (Å²) in [5.74, 6) is 5.62. The molecule has 0 bridgehead atoms. The van der Waals surface area contributed by atoms with E-state index in [1.165, 1.54) is 13.4 Å². The average molecular weight is 204 g/mol. The van der Waals surface area contributed by atoms with E-state index in [-0.39, 0.29) is 5.97 Å². The quantitative estimate of drug-likeness (QED) is 0.421. The summed E-state index contributed by atoms with van der Waals surface area (Å²) in [4.78, 5) is 18.5. The van der Waals surface area contributed by atoms with Crippen LogP contribution in [-0.4, -0.2) is 23.0 Å².